The molecule has 1 aromatic carbocycles. The smallest absolute Gasteiger partial charge is 0.254 e. The first-order valence-corrected chi connectivity index (χ1v) is 7.73. The second-order valence-corrected chi connectivity index (χ2v) is 6.18. The molecule has 0 aromatic heterocycles. The number of nitrogens with zero attached hydrogens (tertiary/aromatic N) is 1. The van der Waals surface area contributed by atoms with E-state index in [1.807, 2.05) is 29.2 Å². The maximum absolute atomic E-state index is 12.6. The summed E-state index contributed by atoms with van der Waals surface area (Å²) in [4.78, 5) is 14.6. The molecule has 2 aliphatic rings. The minimum atomic E-state index is 0.146. The van der Waals surface area contributed by atoms with Crippen molar-refractivity contribution >= 4 is 21.8 Å². The number of hydrogen-bond donors (Lipinski definition) is 0. The van der Waals surface area contributed by atoms with E-state index < -0.39 is 0 Å². The standard InChI is InChI=1S/C15H18BrNO2/c16-12-7-5-11(6-8-12)15(18)17-9-10-19-14-4-2-1-3-13(14)17/h5-8,13-14H,1-4,9-10H2. The van der Waals surface area contributed by atoms with Gasteiger partial charge in [0.2, 0.25) is 0 Å². The molecule has 1 amide bonds. The van der Waals surface area contributed by atoms with Gasteiger partial charge in [0, 0.05) is 16.6 Å². The van der Waals surface area contributed by atoms with E-state index in [0.717, 1.165) is 29.4 Å². The molecule has 4 heteroatoms. The molecular weight excluding hydrogens is 306 g/mol. The lowest BCUT2D eigenvalue weighted by atomic mass is 9.89. The molecule has 102 valence electrons. The van der Waals surface area contributed by atoms with Crippen LogP contribution in [0.1, 0.15) is 36.0 Å². The highest BCUT2D eigenvalue weighted by molar-refractivity contribution is 9.10. The van der Waals surface area contributed by atoms with Crippen molar-refractivity contribution < 1.29 is 9.53 Å². The number of ether oxygens (including phenoxy) is 1. The summed E-state index contributed by atoms with van der Waals surface area (Å²) in [6.45, 7) is 1.39. The van der Waals surface area contributed by atoms with Crippen molar-refractivity contribution in [3.05, 3.63) is 34.3 Å². The van der Waals surface area contributed by atoms with Crippen LogP contribution in [0.5, 0.6) is 0 Å². The van der Waals surface area contributed by atoms with E-state index in [9.17, 15) is 4.79 Å². The molecule has 1 saturated carbocycles. The van der Waals surface area contributed by atoms with Crippen LogP contribution >= 0.6 is 15.9 Å². The third-order valence-electron chi connectivity index (χ3n) is 4.08. The molecule has 0 spiro atoms. The third kappa shape index (κ3) is 2.70. The SMILES string of the molecule is O=C(c1ccc(Br)cc1)N1CCOC2CCCCC21. The van der Waals surface area contributed by atoms with Gasteiger partial charge in [-0.25, -0.2) is 0 Å². The quantitative estimate of drug-likeness (QED) is 0.794. The predicted octanol–water partition coefficient (Wildman–Crippen LogP) is 3.23. The molecule has 1 heterocycles. The number of rotatable bonds is 1. The number of carbonyl (C=O) groups excluding carboxylic acids is 1. The summed E-state index contributed by atoms with van der Waals surface area (Å²) in [6, 6.07) is 7.90. The van der Waals surface area contributed by atoms with Crippen LogP contribution in [-0.4, -0.2) is 36.1 Å². The van der Waals surface area contributed by atoms with Crippen molar-refractivity contribution in [2.45, 2.75) is 37.8 Å². The van der Waals surface area contributed by atoms with Gasteiger partial charge in [-0.3, -0.25) is 4.79 Å². The largest absolute Gasteiger partial charge is 0.374 e. The summed E-state index contributed by atoms with van der Waals surface area (Å²) in [5.41, 5.74) is 0.773. The van der Waals surface area contributed by atoms with Gasteiger partial charge in [0.25, 0.3) is 5.91 Å². The van der Waals surface area contributed by atoms with Crippen LogP contribution in [0.15, 0.2) is 28.7 Å². The van der Waals surface area contributed by atoms with Crippen LogP contribution in [0, 0.1) is 0 Å². The normalized spacial score (nSPS) is 26.9. The molecule has 3 rings (SSSR count). The lowest BCUT2D eigenvalue weighted by Gasteiger charge is -2.43. The first-order chi connectivity index (χ1) is 9.25. The average Bonchev–Trinajstić information content (AvgIpc) is 2.47. The molecule has 0 N–H and O–H groups in total. The molecule has 1 aromatic rings. The highest BCUT2D eigenvalue weighted by Crippen LogP contribution is 2.29. The van der Waals surface area contributed by atoms with Crippen LogP contribution < -0.4 is 0 Å². The maximum Gasteiger partial charge on any atom is 0.254 e. The topological polar surface area (TPSA) is 29.5 Å². The molecule has 0 bridgehead atoms. The van der Waals surface area contributed by atoms with E-state index in [1.165, 1.54) is 12.8 Å². The first-order valence-electron chi connectivity index (χ1n) is 6.94. The zero-order valence-electron chi connectivity index (χ0n) is 10.8. The predicted molar refractivity (Wildman–Crippen MR) is 77.2 cm³/mol. The van der Waals surface area contributed by atoms with Crippen molar-refractivity contribution in [1.29, 1.82) is 0 Å². The number of morpholine rings is 1. The zero-order chi connectivity index (χ0) is 13.2. The molecule has 2 fully saturated rings. The Balaban J connectivity index is 1.79. The summed E-state index contributed by atoms with van der Waals surface area (Å²) < 4.78 is 6.82. The van der Waals surface area contributed by atoms with Gasteiger partial charge < -0.3 is 9.64 Å². The second-order valence-electron chi connectivity index (χ2n) is 5.27. The fourth-order valence-electron chi connectivity index (χ4n) is 3.11. The van der Waals surface area contributed by atoms with Gasteiger partial charge in [-0.15, -0.1) is 0 Å². The number of hydrogen-bond acceptors (Lipinski definition) is 2. The Morgan fingerprint density at radius 3 is 2.74 bits per heavy atom. The van der Waals surface area contributed by atoms with Gasteiger partial charge in [0.1, 0.15) is 0 Å². The maximum atomic E-state index is 12.6. The Hall–Kier alpha value is -0.870. The fourth-order valence-corrected chi connectivity index (χ4v) is 3.37. The monoisotopic (exact) mass is 323 g/mol. The Morgan fingerprint density at radius 2 is 1.95 bits per heavy atom. The van der Waals surface area contributed by atoms with Gasteiger partial charge in [-0.05, 0) is 37.1 Å². The molecular formula is C15H18BrNO2. The summed E-state index contributed by atoms with van der Waals surface area (Å²) >= 11 is 3.40. The van der Waals surface area contributed by atoms with Crippen molar-refractivity contribution in [3.63, 3.8) is 0 Å². The highest BCUT2D eigenvalue weighted by Gasteiger charge is 2.36. The number of benzene rings is 1. The van der Waals surface area contributed by atoms with Crippen LogP contribution in [0.3, 0.4) is 0 Å². The van der Waals surface area contributed by atoms with Crippen molar-refractivity contribution in [2.75, 3.05) is 13.2 Å². The Labute approximate surface area is 122 Å². The summed E-state index contributed by atoms with van der Waals surface area (Å²) in [6.07, 6.45) is 4.85. The van der Waals surface area contributed by atoms with E-state index in [2.05, 4.69) is 15.9 Å². The Kier molecular flexibility index (Phi) is 3.89. The van der Waals surface area contributed by atoms with Gasteiger partial charge in [-0.2, -0.15) is 0 Å². The van der Waals surface area contributed by atoms with Crippen LogP contribution in [0.25, 0.3) is 0 Å². The van der Waals surface area contributed by atoms with Crippen LogP contribution in [0.4, 0.5) is 0 Å². The molecule has 1 aliphatic heterocycles. The van der Waals surface area contributed by atoms with Crippen molar-refractivity contribution in [1.82, 2.24) is 4.90 Å². The van der Waals surface area contributed by atoms with E-state index in [-0.39, 0.29) is 18.1 Å². The van der Waals surface area contributed by atoms with E-state index in [4.69, 9.17) is 4.74 Å². The molecule has 0 radical (unpaired) electrons. The Bertz CT molecular complexity index is 458. The fraction of sp³-hybridized carbons (Fsp3) is 0.533. The lowest BCUT2D eigenvalue weighted by molar-refractivity contribution is -0.0752. The van der Waals surface area contributed by atoms with Gasteiger partial charge >= 0.3 is 0 Å². The van der Waals surface area contributed by atoms with Gasteiger partial charge in [0.15, 0.2) is 0 Å². The molecule has 1 aliphatic carbocycles. The number of amides is 1. The average molecular weight is 324 g/mol. The van der Waals surface area contributed by atoms with Gasteiger partial charge in [-0.1, -0.05) is 28.8 Å². The van der Waals surface area contributed by atoms with Crippen LogP contribution in [-0.2, 0) is 4.74 Å². The van der Waals surface area contributed by atoms with Crippen LogP contribution in [0.2, 0.25) is 0 Å². The van der Waals surface area contributed by atoms with E-state index >= 15 is 0 Å². The molecule has 3 nitrogen and oxygen atoms in total. The number of halogens is 1. The third-order valence-corrected chi connectivity index (χ3v) is 4.61. The minimum Gasteiger partial charge on any atom is -0.374 e. The highest BCUT2D eigenvalue weighted by atomic mass is 79.9. The van der Waals surface area contributed by atoms with Crippen molar-refractivity contribution in [3.8, 4) is 0 Å². The second kappa shape index (κ2) is 5.63. The van der Waals surface area contributed by atoms with E-state index in [0.29, 0.717) is 6.61 Å². The van der Waals surface area contributed by atoms with Crippen molar-refractivity contribution in [2.24, 2.45) is 0 Å². The minimum absolute atomic E-state index is 0.146. The molecule has 19 heavy (non-hydrogen) atoms. The molecule has 2 atom stereocenters. The van der Waals surface area contributed by atoms with E-state index in [1.54, 1.807) is 0 Å². The Morgan fingerprint density at radius 1 is 1.21 bits per heavy atom. The number of fused-ring (bicyclic) bond motifs is 1. The molecule has 2 unspecified atom stereocenters. The van der Waals surface area contributed by atoms with Gasteiger partial charge in [0.05, 0.1) is 18.8 Å². The lowest BCUT2D eigenvalue weighted by Crippen LogP contribution is -2.54. The molecule has 1 saturated heterocycles. The summed E-state index contributed by atoms with van der Waals surface area (Å²) in [7, 11) is 0. The number of carbonyl (C=O) groups is 1. The summed E-state index contributed by atoms with van der Waals surface area (Å²) in [5, 5.41) is 0. The zero-order valence-corrected chi connectivity index (χ0v) is 12.4. The summed E-state index contributed by atoms with van der Waals surface area (Å²) in [5.74, 6) is 0.146. The first kappa shape index (κ1) is 13.1.